The van der Waals surface area contributed by atoms with Crippen molar-refractivity contribution in [1.29, 1.82) is 0 Å². The van der Waals surface area contributed by atoms with Crippen molar-refractivity contribution in [1.82, 2.24) is 15.0 Å². The van der Waals surface area contributed by atoms with E-state index in [1.165, 1.54) is 6.20 Å². The lowest BCUT2D eigenvalue weighted by atomic mass is 10.0. The highest BCUT2D eigenvalue weighted by Gasteiger charge is 2.36. The lowest BCUT2D eigenvalue weighted by Gasteiger charge is -2.14. The van der Waals surface area contributed by atoms with Crippen molar-refractivity contribution in [2.24, 2.45) is 5.73 Å². The maximum absolute atomic E-state index is 12.7. The van der Waals surface area contributed by atoms with Gasteiger partial charge in [-0.2, -0.15) is 26.3 Å². The van der Waals surface area contributed by atoms with E-state index in [2.05, 4.69) is 10.3 Å². The number of rotatable bonds is 3. The average Bonchev–Trinajstić information content (AvgIpc) is 2.84. The van der Waals surface area contributed by atoms with Crippen molar-refractivity contribution >= 4 is 0 Å². The molecule has 2 N–H and O–H groups in total. The molecule has 120 valence electrons. The molecular formula is C12H10F6N4. The van der Waals surface area contributed by atoms with Crippen molar-refractivity contribution in [3.8, 4) is 0 Å². The van der Waals surface area contributed by atoms with E-state index in [0.29, 0.717) is 17.8 Å². The number of hydrogen-bond donors (Lipinski definition) is 1. The highest BCUT2D eigenvalue weighted by molar-refractivity contribution is 5.33. The average molecular weight is 324 g/mol. The first-order valence-electron chi connectivity index (χ1n) is 5.97. The van der Waals surface area contributed by atoms with Gasteiger partial charge in [0.25, 0.3) is 0 Å². The summed E-state index contributed by atoms with van der Waals surface area (Å²) in [5, 5.41) is 7.21. The highest BCUT2D eigenvalue weighted by Crippen LogP contribution is 2.36. The van der Waals surface area contributed by atoms with Gasteiger partial charge in [-0.1, -0.05) is 5.21 Å². The van der Waals surface area contributed by atoms with Crippen LogP contribution in [-0.2, 0) is 25.4 Å². The Balaban J connectivity index is 2.41. The minimum absolute atomic E-state index is 0.0659. The van der Waals surface area contributed by atoms with E-state index < -0.39 is 23.5 Å². The van der Waals surface area contributed by atoms with Crippen molar-refractivity contribution in [2.75, 3.05) is 0 Å². The summed E-state index contributed by atoms with van der Waals surface area (Å²) in [6.45, 7) is -0.212. The van der Waals surface area contributed by atoms with Gasteiger partial charge in [0, 0.05) is 6.54 Å². The number of halogens is 6. The van der Waals surface area contributed by atoms with E-state index in [1.54, 1.807) is 0 Å². The van der Waals surface area contributed by atoms with Crippen LogP contribution in [-0.4, -0.2) is 15.0 Å². The topological polar surface area (TPSA) is 56.7 Å². The zero-order chi connectivity index (χ0) is 16.5. The van der Waals surface area contributed by atoms with Crippen LogP contribution >= 0.6 is 0 Å². The summed E-state index contributed by atoms with van der Waals surface area (Å²) >= 11 is 0. The molecule has 0 atom stereocenters. The van der Waals surface area contributed by atoms with E-state index in [4.69, 9.17) is 5.73 Å². The molecular weight excluding hydrogens is 314 g/mol. The normalized spacial score (nSPS) is 12.7. The monoisotopic (exact) mass is 324 g/mol. The van der Waals surface area contributed by atoms with Gasteiger partial charge in [0.1, 0.15) is 0 Å². The first-order valence-corrected chi connectivity index (χ1v) is 5.97. The first kappa shape index (κ1) is 16.3. The van der Waals surface area contributed by atoms with E-state index >= 15 is 0 Å². The standard InChI is InChI=1S/C12H10F6N4/c13-11(14,15)8-1-7(2-9(3-8)12(16,17)18)5-22-6-10(4-19)20-21-22/h1-3,6H,4-5,19H2. The molecule has 0 fully saturated rings. The number of hydrogen-bond acceptors (Lipinski definition) is 3. The third-order valence-electron chi connectivity index (χ3n) is 2.79. The number of nitrogens with zero attached hydrogens (tertiary/aromatic N) is 3. The number of aromatic nitrogens is 3. The Hall–Kier alpha value is -2.10. The summed E-state index contributed by atoms with van der Waals surface area (Å²) in [6, 6.07) is 1.38. The Morgan fingerprint density at radius 1 is 0.955 bits per heavy atom. The zero-order valence-corrected chi connectivity index (χ0v) is 10.9. The van der Waals surface area contributed by atoms with Crippen LogP contribution in [0.3, 0.4) is 0 Å². The van der Waals surface area contributed by atoms with E-state index in [0.717, 1.165) is 4.68 Å². The largest absolute Gasteiger partial charge is 0.416 e. The van der Waals surface area contributed by atoms with Gasteiger partial charge in [-0.25, -0.2) is 4.68 Å². The van der Waals surface area contributed by atoms with E-state index in [9.17, 15) is 26.3 Å². The van der Waals surface area contributed by atoms with Gasteiger partial charge in [0.2, 0.25) is 0 Å². The lowest BCUT2D eigenvalue weighted by molar-refractivity contribution is -0.143. The molecule has 0 saturated heterocycles. The van der Waals surface area contributed by atoms with Gasteiger partial charge in [-0.05, 0) is 23.8 Å². The van der Waals surface area contributed by atoms with Gasteiger partial charge in [0.05, 0.1) is 29.6 Å². The molecule has 0 aliphatic rings. The molecule has 2 rings (SSSR count). The fourth-order valence-corrected chi connectivity index (χ4v) is 1.81. The Kier molecular flexibility index (Phi) is 4.14. The van der Waals surface area contributed by atoms with Crippen molar-refractivity contribution in [2.45, 2.75) is 25.4 Å². The smallest absolute Gasteiger partial charge is 0.325 e. The lowest BCUT2D eigenvalue weighted by Crippen LogP contribution is -2.13. The fraction of sp³-hybridized carbons (Fsp3) is 0.333. The van der Waals surface area contributed by atoms with Crippen molar-refractivity contribution < 1.29 is 26.3 Å². The Labute approximate surface area is 120 Å². The second-order valence-corrected chi connectivity index (χ2v) is 4.53. The second-order valence-electron chi connectivity index (χ2n) is 4.53. The van der Waals surface area contributed by atoms with Gasteiger partial charge in [-0.3, -0.25) is 0 Å². The molecule has 0 unspecified atom stereocenters. The van der Waals surface area contributed by atoms with Crippen LogP contribution in [0.4, 0.5) is 26.3 Å². The Bertz CT molecular complexity index is 626. The summed E-state index contributed by atoms with van der Waals surface area (Å²) in [5.41, 5.74) is 2.77. The molecule has 1 aromatic heterocycles. The first-order chi connectivity index (χ1) is 10.1. The molecule has 0 spiro atoms. The minimum atomic E-state index is -4.87. The fourth-order valence-electron chi connectivity index (χ4n) is 1.81. The van der Waals surface area contributed by atoms with Crippen LogP contribution in [0, 0.1) is 0 Å². The number of nitrogens with two attached hydrogens (primary N) is 1. The minimum Gasteiger partial charge on any atom is -0.325 e. The molecule has 0 amide bonds. The summed E-state index contributed by atoms with van der Waals surface area (Å²) < 4.78 is 77.4. The van der Waals surface area contributed by atoms with E-state index in [1.807, 2.05) is 0 Å². The molecule has 0 bridgehead atoms. The molecule has 0 aliphatic carbocycles. The Morgan fingerprint density at radius 3 is 1.91 bits per heavy atom. The van der Waals surface area contributed by atoms with Crippen LogP contribution in [0.25, 0.3) is 0 Å². The quantitative estimate of drug-likeness (QED) is 0.883. The van der Waals surface area contributed by atoms with Crippen LogP contribution in [0.5, 0.6) is 0 Å². The van der Waals surface area contributed by atoms with Crippen LogP contribution < -0.4 is 5.73 Å². The molecule has 4 nitrogen and oxygen atoms in total. The van der Waals surface area contributed by atoms with Crippen LogP contribution in [0.15, 0.2) is 24.4 Å². The molecule has 1 aromatic carbocycles. The predicted octanol–water partition coefficient (Wildman–Crippen LogP) is 2.82. The molecule has 2 aromatic rings. The van der Waals surface area contributed by atoms with Crippen LogP contribution in [0.1, 0.15) is 22.4 Å². The van der Waals surface area contributed by atoms with Gasteiger partial charge < -0.3 is 5.73 Å². The summed E-state index contributed by atoms with van der Waals surface area (Å²) in [6.07, 6.45) is -8.39. The van der Waals surface area contributed by atoms with Crippen LogP contribution in [0.2, 0.25) is 0 Å². The molecule has 0 radical (unpaired) electrons. The third kappa shape index (κ3) is 3.75. The number of benzene rings is 1. The number of alkyl halides is 6. The van der Waals surface area contributed by atoms with Gasteiger partial charge in [-0.15, -0.1) is 5.10 Å². The zero-order valence-electron chi connectivity index (χ0n) is 10.9. The van der Waals surface area contributed by atoms with Gasteiger partial charge >= 0.3 is 12.4 Å². The van der Waals surface area contributed by atoms with Gasteiger partial charge in [0.15, 0.2) is 0 Å². The second kappa shape index (κ2) is 5.59. The van der Waals surface area contributed by atoms with Crippen molar-refractivity contribution in [3.05, 3.63) is 46.8 Å². The maximum Gasteiger partial charge on any atom is 0.416 e. The van der Waals surface area contributed by atoms with Crippen molar-refractivity contribution in [3.63, 3.8) is 0 Å². The molecule has 0 aliphatic heterocycles. The predicted molar refractivity (Wildman–Crippen MR) is 63.5 cm³/mol. The SMILES string of the molecule is NCc1cn(Cc2cc(C(F)(F)F)cc(C(F)(F)F)c2)nn1. The van der Waals surface area contributed by atoms with E-state index in [-0.39, 0.29) is 24.7 Å². The highest BCUT2D eigenvalue weighted by atomic mass is 19.4. The maximum atomic E-state index is 12.7. The molecule has 22 heavy (non-hydrogen) atoms. The molecule has 1 heterocycles. The molecule has 0 saturated carbocycles. The Morgan fingerprint density at radius 2 is 1.50 bits per heavy atom. The summed E-state index contributed by atoms with van der Waals surface area (Å²) in [5.74, 6) is 0. The summed E-state index contributed by atoms with van der Waals surface area (Å²) in [7, 11) is 0. The summed E-state index contributed by atoms with van der Waals surface area (Å²) in [4.78, 5) is 0. The molecule has 10 heteroatoms. The third-order valence-corrected chi connectivity index (χ3v) is 2.79.